The summed E-state index contributed by atoms with van der Waals surface area (Å²) in [5.74, 6) is 0.656. The Hall–Kier alpha value is -1.65. The largest absolute Gasteiger partial charge is 0.372 e. The molecule has 1 N–H and O–H groups in total. The number of amides is 1. The quantitative estimate of drug-likeness (QED) is 0.866. The molecule has 0 bridgehead atoms. The number of carbonyl (C=O) groups is 1. The van der Waals surface area contributed by atoms with Crippen molar-refractivity contribution < 1.29 is 4.79 Å². The second-order valence-electron chi connectivity index (χ2n) is 5.55. The van der Waals surface area contributed by atoms with E-state index in [0.29, 0.717) is 11.5 Å². The molecule has 5 nitrogen and oxygen atoms in total. The van der Waals surface area contributed by atoms with Crippen LogP contribution in [0.15, 0.2) is 12.1 Å². The van der Waals surface area contributed by atoms with Crippen molar-refractivity contribution in [2.45, 2.75) is 26.7 Å². The van der Waals surface area contributed by atoms with Gasteiger partial charge in [-0.15, -0.1) is 10.2 Å². The Bertz CT molecular complexity index is 427. The van der Waals surface area contributed by atoms with E-state index in [2.05, 4.69) is 29.4 Å². The Kier molecular flexibility index (Phi) is 3.50. The van der Waals surface area contributed by atoms with E-state index >= 15 is 0 Å². The molecule has 0 atom stereocenters. The molecule has 98 valence electrons. The lowest BCUT2D eigenvalue weighted by atomic mass is 9.84. The van der Waals surface area contributed by atoms with Gasteiger partial charge in [0.15, 0.2) is 5.69 Å². The fraction of sp³-hybridized carbons (Fsp3) is 0.615. The van der Waals surface area contributed by atoms with Crippen LogP contribution < -0.4 is 5.32 Å². The number of nitrogens with zero attached hydrogens (tertiary/aromatic N) is 3. The molecule has 2 rings (SSSR count). The first kappa shape index (κ1) is 12.8. The molecule has 1 aliphatic heterocycles. The molecule has 1 fully saturated rings. The Morgan fingerprint density at radius 2 is 2.17 bits per heavy atom. The van der Waals surface area contributed by atoms with Gasteiger partial charge in [-0.3, -0.25) is 4.79 Å². The lowest BCUT2D eigenvalue weighted by Crippen LogP contribution is -2.43. The van der Waals surface area contributed by atoms with Crippen LogP contribution in [-0.4, -0.2) is 41.1 Å². The Labute approximate surface area is 108 Å². The highest BCUT2D eigenvalue weighted by Crippen LogP contribution is 2.28. The van der Waals surface area contributed by atoms with Crippen molar-refractivity contribution in [3.05, 3.63) is 17.8 Å². The maximum Gasteiger partial charge on any atom is 0.274 e. The summed E-state index contributed by atoms with van der Waals surface area (Å²) >= 11 is 0. The van der Waals surface area contributed by atoms with E-state index in [0.717, 1.165) is 19.5 Å². The van der Waals surface area contributed by atoms with Crippen LogP contribution in [0, 0.1) is 5.41 Å². The molecule has 18 heavy (non-hydrogen) atoms. The second-order valence-corrected chi connectivity index (χ2v) is 5.55. The zero-order valence-corrected chi connectivity index (χ0v) is 11.2. The maximum atomic E-state index is 12.3. The molecular formula is C13H20N4O. The van der Waals surface area contributed by atoms with Gasteiger partial charge in [0.05, 0.1) is 0 Å². The van der Waals surface area contributed by atoms with Gasteiger partial charge in [0.25, 0.3) is 5.91 Å². The van der Waals surface area contributed by atoms with E-state index < -0.39 is 0 Å². The SMILES string of the molecule is CNc1ccc(C(=O)N2CCCC(C)(C)C2)nn1. The van der Waals surface area contributed by atoms with Crippen molar-refractivity contribution in [2.24, 2.45) is 5.41 Å². The first-order chi connectivity index (χ1) is 8.52. The van der Waals surface area contributed by atoms with E-state index in [1.165, 1.54) is 6.42 Å². The molecule has 0 saturated carbocycles. The molecule has 0 radical (unpaired) electrons. The van der Waals surface area contributed by atoms with Crippen molar-refractivity contribution in [3.8, 4) is 0 Å². The van der Waals surface area contributed by atoms with Crippen LogP contribution in [0.2, 0.25) is 0 Å². The van der Waals surface area contributed by atoms with E-state index in [1.54, 1.807) is 19.2 Å². The van der Waals surface area contributed by atoms with Crippen molar-refractivity contribution in [1.29, 1.82) is 0 Å². The summed E-state index contributed by atoms with van der Waals surface area (Å²) < 4.78 is 0. The average molecular weight is 248 g/mol. The summed E-state index contributed by atoms with van der Waals surface area (Å²) in [6.45, 7) is 6.00. The Morgan fingerprint density at radius 1 is 1.39 bits per heavy atom. The summed E-state index contributed by atoms with van der Waals surface area (Å²) in [5, 5.41) is 10.8. The number of anilines is 1. The molecule has 1 aliphatic rings. The highest BCUT2D eigenvalue weighted by molar-refractivity contribution is 5.92. The number of piperidine rings is 1. The normalized spacial score (nSPS) is 18.5. The van der Waals surface area contributed by atoms with E-state index in [4.69, 9.17) is 0 Å². The first-order valence-electron chi connectivity index (χ1n) is 6.33. The van der Waals surface area contributed by atoms with Crippen molar-refractivity contribution in [1.82, 2.24) is 15.1 Å². The average Bonchev–Trinajstić information content (AvgIpc) is 2.37. The highest BCUT2D eigenvalue weighted by Gasteiger charge is 2.30. The zero-order valence-electron chi connectivity index (χ0n) is 11.2. The van der Waals surface area contributed by atoms with Gasteiger partial charge in [0, 0.05) is 20.1 Å². The maximum absolute atomic E-state index is 12.3. The van der Waals surface area contributed by atoms with Crippen LogP contribution in [-0.2, 0) is 0 Å². The van der Waals surface area contributed by atoms with Crippen molar-refractivity contribution in [3.63, 3.8) is 0 Å². The number of hydrogen-bond donors (Lipinski definition) is 1. The lowest BCUT2D eigenvalue weighted by molar-refractivity contribution is 0.0576. The van der Waals surface area contributed by atoms with Gasteiger partial charge in [0.2, 0.25) is 0 Å². The zero-order chi connectivity index (χ0) is 13.2. The fourth-order valence-electron chi connectivity index (χ4n) is 2.34. The van der Waals surface area contributed by atoms with Gasteiger partial charge >= 0.3 is 0 Å². The first-order valence-corrected chi connectivity index (χ1v) is 6.33. The van der Waals surface area contributed by atoms with Gasteiger partial charge < -0.3 is 10.2 Å². The van der Waals surface area contributed by atoms with Crippen LogP contribution in [0.5, 0.6) is 0 Å². The molecule has 0 unspecified atom stereocenters. The summed E-state index contributed by atoms with van der Waals surface area (Å²) in [6, 6.07) is 3.50. The van der Waals surface area contributed by atoms with Gasteiger partial charge in [-0.05, 0) is 30.4 Å². The van der Waals surface area contributed by atoms with E-state index in [9.17, 15) is 4.79 Å². The van der Waals surface area contributed by atoms with Gasteiger partial charge in [-0.25, -0.2) is 0 Å². The molecule has 1 saturated heterocycles. The Morgan fingerprint density at radius 3 is 2.72 bits per heavy atom. The number of nitrogens with one attached hydrogen (secondary N) is 1. The van der Waals surface area contributed by atoms with Crippen LogP contribution in [0.25, 0.3) is 0 Å². The molecule has 0 spiro atoms. The molecule has 1 amide bonds. The van der Waals surface area contributed by atoms with Crippen molar-refractivity contribution in [2.75, 3.05) is 25.5 Å². The van der Waals surface area contributed by atoms with E-state index in [-0.39, 0.29) is 11.3 Å². The third-order valence-corrected chi connectivity index (χ3v) is 3.33. The lowest BCUT2D eigenvalue weighted by Gasteiger charge is -2.37. The Balaban J connectivity index is 2.10. The fourth-order valence-corrected chi connectivity index (χ4v) is 2.34. The number of carbonyl (C=O) groups excluding carboxylic acids is 1. The number of likely N-dealkylation sites (tertiary alicyclic amines) is 1. The van der Waals surface area contributed by atoms with E-state index in [1.807, 2.05) is 4.90 Å². The second kappa shape index (κ2) is 4.92. The summed E-state index contributed by atoms with van der Waals surface area (Å²) in [4.78, 5) is 14.2. The number of rotatable bonds is 2. The predicted octanol–water partition coefficient (Wildman–Crippen LogP) is 1.78. The molecule has 2 heterocycles. The minimum absolute atomic E-state index is 0.0158. The van der Waals surface area contributed by atoms with Gasteiger partial charge in [0.1, 0.15) is 5.82 Å². The number of aromatic nitrogens is 2. The van der Waals surface area contributed by atoms with Crippen LogP contribution >= 0.6 is 0 Å². The minimum Gasteiger partial charge on any atom is -0.372 e. The summed E-state index contributed by atoms with van der Waals surface area (Å²) in [6.07, 6.45) is 2.22. The standard InChI is InChI=1S/C13H20N4O/c1-13(2)7-4-8-17(9-13)12(18)10-5-6-11(14-3)16-15-10/h5-6H,4,7-9H2,1-3H3,(H,14,16). The molecular weight excluding hydrogens is 228 g/mol. The summed E-state index contributed by atoms with van der Waals surface area (Å²) in [5.41, 5.74) is 0.624. The monoisotopic (exact) mass is 248 g/mol. The van der Waals surface area contributed by atoms with Crippen LogP contribution in [0.3, 0.4) is 0 Å². The van der Waals surface area contributed by atoms with Crippen LogP contribution in [0.1, 0.15) is 37.2 Å². The molecule has 1 aromatic rings. The molecule has 0 aromatic carbocycles. The van der Waals surface area contributed by atoms with Crippen molar-refractivity contribution >= 4 is 11.7 Å². The van der Waals surface area contributed by atoms with Gasteiger partial charge in [-0.2, -0.15) is 0 Å². The third-order valence-electron chi connectivity index (χ3n) is 3.33. The predicted molar refractivity (Wildman–Crippen MR) is 70.5 cm³/mol. The highest BCUT2D eigenvalue weighted by atomic mass is 16.2. The topological polar surface area (TPSA) is 58.1 Å². The molecule has 0 aliphatic carbocycles. The molecule has 5 heteroatoms. The van der Waals surface area contributed by atoms with Gasteiger partial charge in [-0.1, -0.05) is 13.8 Å². The smallest absolute Gasteiger partial charge is 0.274 e. The third kappa shape index (κ3) is 2.78. The van der Waals surface area contributed by atoms with Crippen LogP contribution in [0.4, 0.5) is 5.82 Å². The molecule has 1 aromatic heterocycles. The summed E-state index contributed by atoms with van der Waals surface area (Å²) in [7, 11) is 1.78. The number of hydrogen-bond acceptors (Lipinski definition) is 4. The minimum atomic E-state index is -0.0158.